The van der Waals surface area contributed by atoms with Gasteiger partial charge in [0, 0.05) is 12.1 Å². The summed E-state index contributed by atoms with van der Waals surface area (Å²) in [6, 6.07) is 4.43. The molecule has 0 bridgehead atoms. The van der Waals surface area contributed by atoms with Gasteiger partial charge in [-0.05, 0) is 24.7 Å². The molecule has 0 N–H and O–H groups in total. The van der Waals surface area contributed by atoms with E-state index in [4.69, 9.17) is 0 Å². The lowest BCUT2D eigenvalue weighted by Gasteiger charge is -1.96. The number of hydrogen-bond donors (Lipinski definition) is 0. The highest BCUT2D eigenvalue weighted by atomic mass is 32.1. The molecule has 0 aromatic heterocycles. The fourth-order valence-electron chi connectivity index (χ4n) is 0.881. The molecular formula is C8H6N2O2S. The van der Waals surface area contributed by atoms with Crippen molar-refractivity contribution in [2.75, 3.05) is 0 Å². The number of benzene rings is 1. The number of isothiocyanates is 1. The molecule has 1 aromatic rings. The number of hydrogen-bond acceptors (Lipinski definition) is 4. The lowest BCUT2D eigenvalue weighted by Crippen LogP contribution is -1.87. The molecule has 0 unspecified atom stereocenters. The van der Waals surface area contributed by atoms with Crippen molar-refractivity contribution < 1.29 is 4.92 Å². The van der Waals surface area contributed by atoms with Crippen molar-refractivity contribution in [3.8, 4) is 0 Å². The second kappa shape index (κ2) is 3.89. The number of rotatable bonds is 2. The largest absolute Gasteiger partial charge is 0.271 e. The quantitative estimate of drug-likeness (QED) is 0.315. The van der Waals surface area contributed by atoms with Gasteiger partial charge in [0.15, 0.2) is 0 Å². The monoisotopic (exact) mass is 194 g/mol. The van der Waals surface area contributed by atoms with Crippen molar-refractivity contribution in [3.63, 3.8) is 0 Å². The number of aryl methyl sites for hydroxylation is 1. The van der Waals surface area contributed by atoms with E-state index in [0.29, 0.717) is 5.69 Å². The standard InChI is InChI=1S/C8H6N2O2S/c1-6-2-3-7(10(11)12)4-8(6)9-5-13/h2-4H,1H3. The Hall–Kier alpha value is -1.58. The zero-order chi connectivity index (χ0) is 9.84. The normalized spacial score (nSPS) is 9.00. The molecule has 0 aliphatic rings. The Bertz CT molecular complexity index is 397. The Morgan fingerprint density at radius 2 is 2.31 bits per heavy atom. The lowest BCUT2D eigenvalue weighted by molar-refractivity contribution is -0.384. The summed E-state index contributed by atoms with van der Waals surface area (Å²) in [7, 11) is 0. The van der Waals surface area contributed by atoms with Crippen molar-refractivity contribution in [1.82, 2.24) is 0 Å². The van der Waals surface area contributed by atoms with Gasteiger partial charge in [0.1, 0.15) is 0 Å². The van der Waals surface area contributed by atoms with Crippen LogP contribution in [-0.2, 0) is 0 Å². The minimum Gasteiger partial charge on any atom is -0.258 e. The van der Waals surface area contributed by atoms with Crippen molar-refractivity contribution in [3.05, 3.63) is 33.9 Å². The highest BCUT2D eigenvalue weighted by Crippen LogP contribution is 2.23. The van der Waals surface area contributed by atoms with Crippen LogP contribution in [0.25, 0.3) is 0 Å². The van der Waals surface area contributed by atoms with E-state index in [1.165, 1.54) is 12.1 Å². The Balaban J connectivity index is 3.26. The van der Waals surface area contributed by atoms with Gasteiger partial charge >= 0.3 is 0 Å². The molecule has 66 valence electrons. The molecule has 0 saturated heterocycles. The molecule has 0 heterocycles. The van der Waals surface area contributed by atoms with Crippen LogP contribution in [0.15, 0.2) is 23.2 Å². The first-order valence-electron chi connectivity index (χ1n) is 3.48. The molecule has 5 heteroatoms. The maximum atomic E-state index is 10.4. The van der Waals surface area contributed by atoms with E-state index < -0.39 is 4.92 Å². The first-order valence-corrected chi connectivity index (χ1v) is 3.89. The maximum absolute atomic E-state index is 10.4. The molecule has 0 aliphatic carbocycles. The molecule has 0 radical (unpaired) electrons. The molecule has 0 atom stereocenters. The number of aliphatic imine (C=N–C) groups is 1. The van der Waals surface area contributed by atoms with Gasteiger partial charge < -0.3 is 0 Å². The van der Waals surface area contributed by atoms with Gasteiger partial charge in [-0.15, -0.1) is 0 Å². The predicted octanol–water partition coefficient (Wildman–Crippen LogP) is 2.64. The van der Waals surface area contributed by atoms with Gasteiger partial charge in [-0.1, -0.05) is 6.07 Å². The van der Waals surface area contributed by atoms with Gasteiger partial charge in [0.25, 0.3) is 5.69 Å². The third kappa shape index (κ3) is 2.18. The Morgan fingerprint density at radius 3 is 2.85 bits per heavy atom. The highest BCUT2D eigenvalue weighted by Gasteiger charge is 2.07. The Morgan fingerprint density at radius 1 is 1.62 bits per heavy atom. The second-order valence-corrected chi connectivity index (χ2v) is 2.61. The fraction of sp³-hybridized carbons (Fsp3) is 0.125. The molecule has 0 fully saturated rings. The summed E-state index contributed by atoms with van der Waals surface area (Å²) in [5.74, 6) is 0. The first kappa shape index (κ1) is 9.51. The number of nitro groups is 1. The third-order valence-corrected chi connectivity index (χ3v) is 1.66. The maximum Gasteiger partial charge on any atom is 0.271 e. The van der Waals surface area contributed by atoms with E-state index >= 15 is 0 Å². The minimum absolute atomic E-state index is 0.00889. The van der Waals surface area contributed by atoms with Crippen LogP contribution in [0, 0.1) is 17.0 Å². The summed E-state index contributed by atoms with van der Waals surface area (Å²) in [5.41, 5.74) is 1.33. The van der Waals surface area contributed by atoms with Gasteiger partial charge in [-0.3, -0.25) is 10.1 Å². The van der Waals surface area contributed by atoms with E-state index in [1.807, 2.05) is 0 Å². The average molecular weight is 194 g/mol. The highest BCUT2D eigenvalue weighted by molar-refractivity contribution is 7.78. The summed E-state index contributed by atoms with van der Waals surface area (Å²) >= 11 is 4.42. The molecule has 0 aliphatic heterocycles. The molecule has 4 nitrogen and oxygen atoms in total. The van der Waals surface area contributed by atoms with E-state index in [-0.39, 0.29) is 5.69 Å². The zero-order valence-corrected chi connectivity index (χ0v) is 7.67. The van der Waals surface area contributed by atoms with E-state index in [0.717, 1.165) is 5.56 Å². The molecule has 0 saturated carbocycles. The minimum atomic E-state index is -0.470. The van der Waals surface area contributed by atoms with Crippen LogP contribution < -0.4 is 0 Å². The summed E-state index contributed by atoms with van der Waals surface area (Å²) in [5, 5.41) is 12.6. The van der Waals surface area contributed by atoms with E-state index in [2.05, 4.69) is 22.4 Å². The second-order valence-electron chi connectivity index (χ2n) is 2.43. The SMILES string of the molecule is Cc1ccc([N+](=O)[O-])cc1N=C=S. The number of nitro benzene ring substituents is 1. The number of nitrogens with zero attached hydrogens (tertiary/aromatic N) is 2. The molecule has 0 amide bonds. The first-order chi connectivity index (χ1) is 6.15. The zero-order valence-electron chi connectivity index (χ0n) is 6.85. The van der Waals surface area contributed by atoms with Crippen LogP contribution in [0.3, 0.4) is 0 Å². The van der Waals surface area contributed by atoms with Crippen molar-refractivity contribution in [2.24, 2.45) is 4.99 Å². The summed E-state index contributed by atoms with van der Waals surface area (Å²) in [4.78, 5) is 13.6. The average Bonchev–Trinajstić information content (AvgIpc) is 2.08. The smallest absolute Gasteiger partial charge is 0.258 e. The Labute approximate surface area is 80.1 Å². The van der Waals surface area contributed by atoms with Crippen molar-refractivity contribution in [2.45, 2.75) is 6.92 Å². The van der Waals surface area contributed by atoms with Gasteiger partial charge in [-0.2, -0.15) is 4.99 Å². The van der Waals surface area contributed by atoms with Crippen LogP contribution in [0.1, 0.15) is 5.56 Å². The van der Waals surface area contributed by atoms with Gasteiger partial charge in [0.2, 0.25) is 0 Å². The van der Waals surface area contributed by atoms with Crippen LogP contribution in [0.4, 0.5) is 11.4 Å². The van der Waals surface area contributed by atoms with Crippen LogP contribution in [0.5, 0.6) is 0 Å². The lowest BCUT2D eigenvalue weighted by atomic mass is 10.2. The molecule has 0 spiro atoms. The van der Waals surface area contributed by atoms with Crippen molar-refractivity contribution in [1.29, 1.82) is 0 Å². The Kier molecular flexibility index (Phi) is 2.84. The van der Waals surface area contributed by atoms with E-state index in [1.54, 1.807) is 13.0 Å². The van der Waals surface area contributed by atoms with Gasteiger partial charge in [-0.25, -0.2) is 0 Å². The molecular weight excluding hydrogens is 188 g/mol. The number of non-ortho nitro benzene ring substituents is 1. The van der Waals surface area contributed by atoms with Crippen LogP contribution in [-0.4, -0.2) is 10.1 Å². The molecule has 1 rings (SSSR count). The summed E-state index contributed by atoms with van der Waals surface area (Å²) in [6.45, 7) is 1.80. The topological polar surface area (TPSA) is 55.5 Å². The molecule has 1 aromatic carbocycles. The summed E-state index contributed by atoms with van der Waals surface area (Å²) in [6.07, 6.45) is 0. The van der Waals surface area contributed by atoms with E-state index in [9.17, 15) is 10.1 Å². The van der Waals surface area contributed by atoms with Crippen molar-refractivity contribution >= 4 is 28.8 Å². The van der Waals surface area contributed by atoms with Crippen LogP contribution >= 0.6 is 12.2 Å². The van der Waals surface area contributed by atoms with Gasteiger partial charge in [0.05, 0.1) is 15.8 Å². The third-order valence-electron chi connectivity index (χ3n) is 1.57. The van der Waals surface area contributed by atoms with Crippen LogP contribution in [0.2, 0.25) is 0 Å². The summed E-state index contributed by atoms with van der Waals surface area (Å²) < 4.78 is 0. The fourth-order valence-corrected chi connectivity index (χ4v) is 0.979. The molecule has 13 heavy (non-hydrogen) atoms. The predicted molar refractivity (Wildman–Crippen MR) is 52.5 cm³/mol. The number of thiocarbonyl (C=S) groups is 1.